The summed E-state index contributed by atoms with van der Waals surface area (Å²) in [7, 11) is 0. The van der Waals surface area contributed by atoms with Gasteiger partial charge in [0.15, 0.2) is 5.16 Å². The van der Waals surface area contributed by atoms with Crippen molar-refractivity contribution in [2.75, 3.05) is 5.32 Å². The van der Waals surface area contributed by atoms with Gasteiger partial charge >= 0.3 is 5.69 Å². The molecule has 3 aromatic rings. The molecule has 3 rings (SSSR count). The fourth-order valence-corrected chi connectivity index (χ4v) is 3.57. The Balaban J connectivity index is 1.75. The van der Waals surface area contributed by atoms with E-state index in [9.17, 15) is 19.3 Å². The van der Waals surface area contributed by atoms with Crippen LogP contribution in [0, 0.1) is 29.8 Å². The number of thioether (sulfide) groups is 1. The second kappa shape index (κ2) is 8.39. The number of nitro benzene ring substituents is 1. The molecule has 1 atom stereocenters. The number of nitrogens with zero attached hydrogens (tertiary/aromatic N) is 4. The first-order valence-corrected chi connectivity index (χ1v) is 9.53. The van der Waals surface area contributed by atoms with Gasteiger partial charge in [-0.05, 0) is 44.5 Å². The van der Waals surface area contributed by atoms with E-state index in [1.165, 1.54) is 17.8 Å². The monoisotopic (exact) mass is 415 g/mol. The zero-order valence-corrected chi connectivity index (χ0v) is 16.7. The van der Waals surface area contributed by atoms with Crippen molar-refractivity contribution in [1.82, 2.24) is 14.8 Å². The Morgan fingerprint density at radius 1 is 1.28 bits per heavy atom. The van der Waals surface area contributed by atoms with Crippen LogP contribution < -0.4 is 5.32 Å². The lowest BCUT2D eigenvalue weighted by atomic mass is 10.1. The normalized spacial score (nSPS) is 11.9. The van der Waals surface area contributed by atoms with Crippen LogP contribution in [0.5, 0.6) is 0 Å². The molecule has 0 radical (unpaired) electrons. The van der Waals surface area contributed by atoms with Crippen LogP contribution in [0.25, 0.3) is 5.69 Å². The Bertz CT molecular complexity index is 1090. The summed E-state index contributed by atoms with van der Waals surface area (Å²) in [6.07, 6.45) is 1.58. The number of benzene rings is 2. The number of anilines is 1. The van der Waals surface area contributed by atoms with Gasteiger partial charge in [0.1, 0.15) is 6.33 Å². The Hall–Kier alpha value is -3.27. The van der Waals surface area contributed by atoms with Crippen molar-refractivity contribution < 1.29 is 14.1 Å². The predicted molar refractivity (Wildman–Crippen MR) is 108 cm³/mol. The third kappa shape index (κ3) is 4.60. The highest BCUT2D eigenvalue weighted by Gasteiger charge is 2.21. The maximum absolute atomic E-state index is 13.5. The van der Waals surface area contributed by atoms with Gasteiger partial charge in [-0.3, -0.25) is 19.5 Å². The maximum atomic E-state index is 13.5. The molecule has 29 heavy (non-hydrogen) atoms. The van der Waals surface area contributed by atoms with Crippen LogP contribution in [-0.2, 0) is 4.79 Å². The van der Waals surface area contributed by atoms with E-state index in [0.717, 1.165) is 28.9 Å². The molecule has 1 amide bonds. The number of aromatic nitrogens is 3. The molecule has 10 heteroatoms. The summed E-state index contributed by atoms with van der Waals surface area (Å²) in [5.41, 5.74) is 2.53. The maximum Gasteiger partial charge on any atom is 0.306 e. The number of nitro groups is 1. The lowest BCUT2D eigenvalue weighted by molar-refractivity contribution is -0.387. The van der Waals surface area contributed by atoms with Crippen LogP contribution in [-0.4, -0.2) is 30.8 Å². The van der Waals surface area contributed by atoms with Crippen molar-refractivity contribution in [3.05, 3.63) is 69.8 Å². The largest absolute Gasteiger partial charge is 0.325 e. The average Bonchev–Trinajstić information content (AvgIpc) is 3.10. The third-order valence-electron chi connectivity index (χ3n) is 4.19. The van der Waals surface area contributed by atoms with Gasteiger partial charge in [0.2, 0.25) is 11.7 Å². The summed E-state index contributed by atoms with van der Waals surface area (Å²) >= 11 is 1.19. The van der Waals surface area contributed by atoms with Crippen LogP contribution >= 0.6 is 11.8 Å². The molecule has 0 spiro atoms. The van der Waals surface area contributed by atoms with E-state index in [-0.39, 0.29) is 5.69 Å². The number of nitrogens with one attached hydrogen (secondary N) is 1. The molecule has 1 heterocycles. The molecule has 0 fully saturated rings. The molecule has 0 saturated carbocycles. The minimum atomic E-state index is -0.961. The molecule has 1 N–H and O–H groups in total. The van der Waals surface area contributed by atoms with E-state index in [1.807, 2.05) is 32.0 Å². The van der Waals surface area contributed by atoms with Crippen molar-refractivity contribution in [2.24, 2.45) is 0 Å². The van der Waals surface area contributed by atoms with Gasteiger partial charge in [0, 0.05) is 11.8 Å². The van der Waals surface area contributed by atoms with E-state index >= 15 is 0 Å². The van der Waals surface area contributed by atoms with Gasteiger partial charge in [-0.2, -0.15) is 4.39 Å². The number of hydrogen-bond donors (Lipinski definition) is 1. The van der Waals surface area contributed by atoms with Gasteiger partial charge in [-0.15, -0.1) is 10.2 Å². The van der Waals surface area contributed by atoms with Crippen LogP contribution in [0.1, 0.15) is 18.1 Å². The van der Waals surface area contributed by atoms with E-state index in [1.54, 1.807) is 17.8 Å². The quantitative estimate of drug-likeness (QED) is 0.370. The zero-order chi connectivity index (χ0) is 21.1. The summed E-state index contributed by atoms with van der Waals surface area (Å²) in [6.45, 7) is 5.66. The smallest absolute Gasteiger partial charge is 0.306 e. The average molecular weight is 415 g/mol. The topological polar surface area (TPSA) is 103 Å². The summed E-state index contributed by atoms with van der Waals surface area (Å²) in [4.78, 5) is 22.5. The molecule has 150 valence electrons. The number of carbonyl (C=O) groups excluding carboxylic acids is 1. The van der Waals surface area contributed by atoms with Gasteiger partial charge in [0.25, 0.3) is 0 Å². The summed E-state index contributed by atoms with van der Waals surface area (Å²) in [5, 5.41) is 21.4. The van der Waals surface area contributed by atoms with Crippen molar-refractivity contribution in [3.8, 4) is 5.69 Å². The lowest BCUT2D eigenvalue weighted by Crippen LogP contribution is -2.23. The molecule has 0 bridgehead atoms. The van der Waals surface area contributed by atoms with E-state index in [0.29, 0.717) is 5.16 Å². The molecule has 0 aliphatic heterocycles. The van der Waals surface area contributed by atoms with Crippen molar-refractivity contribution in [1.29, 1.82) is 0 Å². The Kier molecular flexibility index (Phi) is 5.92. The first kappa shape index (κ1) is 20.5. The summed E-state index contributed by atoms with van der Waals surface area (Å²) < 4.78 is 15.3. The second-order valence-electron chi connectivity index (χ2n) is 6.45. The molecule has 8 nitrogen and oxygen atoms in total. The Morgan fingerprint density at radius 2 is 2.03 bits per heavy atom. The number of halogens is 1. The second-order valence-corrected chi connectivity index (χ2v) is 7.75. The highest BCUT2D eigenvalue weighted by atomic mass is 32.2. The summed E-state index contributed by atoms with van der Waals surface area (Å²) in [6, 6.07) is 9.19. The van der Waals surface area contributed by atoms with Gasteiger partial charge in [-0.25, -0.2) is 0 Å². The Morgan fingerprint density at radius 3 is 2.72 bits per heavy atom. The van der Waals surface area contributed by atoms with Crippen LogP contribution in [0.3, 0.4) is 0 Å². The van der Waals surface area contributed by atoms with Crippen LogP contribution in [0.2, 0.25) is 0 Å². The minimum Gasteiger partial charge on any atom is -0.325 e. The number of amides is 1. The molecule has 2 aromatic carbocycles. The summed E-state index contributed by atoms with van der Waals surface area (Å²) in [5.74, 6) is -1.36. The molecule has 1 unspecified atom stereocenters. The van der Waals surface area contributed by atoms with E-state index in [2.05, 4.69) is 15.5 Å². The van der Waals surface area contributed by atoms with Crippen molar-refractivity contribution in [2.45, 2.75) is 31.2 Å². The molecule has 0 saturated heterocycles. The van der Waals surface area contributed by atoms with Crippen molar-refractivity contribution in [3.63, 3.8) is 0 Å². The number of hydrogen-bond acceptors (Lipinski definition) is 6. The molecule has 0 aliphatic rings. The van der Waals surface area contributed by atoms with Crippen molar-refractivity contribution >= 4 is 29.0 Å². The third-order valence-corrected chi connectivity index (χ3v) is 5.25. The first-order valence-electron chi connectivity index (χ1n) is 8.65. The zero-order valence-electron chi connectivity index (χ0n) is 15.9. The minimum absolute atomic E-state index is 0.145. The number of carbonyl (C=O) groups is 1. The van der Waals surface area contributed by atoms with E-state index in [4.69, 9.17) is 0 Å². The molecular weight excluding hydrogens is 397 g/mol. The first-order chi connectivity index (χ1) is 13.8. The Labute approximate surface area is 170 Å². The fourth-order valence-electron chi connectivity index (χ4n) is 2.73. The van der Waals surface area contributed by atoms with E-state index < -0.39 is 27.6 Å². The molecular formula is C19H18FN5O3S. The standard InChI is InChI=1S/C19H18FN5O3S/c1-11-4-7-16(12(2)8-11)24-10-21-23-19(24)29-13(3)18(26)22-14-5-6-15(20)17(9-14)25(27)28/h4-10,13H,1-3H3,(H,22,26). The number of rotatable bonds is 6. The van der Waals surface area contributed by atoms with Gasteiger partial charge < -0.3 is 5.32 Å². The van der Waals surface area contributed by atoms with Gasteiger partial charge in [0.05, 0.1) is 15.9 Å². The highest BCUT2D eigenvalue weighted by Crippen LogP contribution is 2.27. The van der Waals surface area contributed by atoms with Crippen LogP contribution in [0.15, 0.2) is 47.9 Å². The predicted octanol–water partition coefficient (Wildman–Crippen LogP) is 4.05. The number of aryl methyl sites for hydroxylation is 2. The molecule has 0 aliphatic carbocycles. The fraction of sp³-hybridized carbons (Fsp3) is 0.211. The lowest BCUT2D eigenvalue weighted by Gasteiger charge is -2.14. The highest BCUT2D eigenvalue weighted by molar-refractivity contribution is 8.00. The van der Waals surface area contributed by atoms with Crippen LogP contribution in [0.4, 0.5) is 15.8 Å². The molecule has 1 aromatic heterocycles. The van der Waals surface area contributed by atoms with Gasteiger partial charge in [-0.1, -0.05) is 29.5 Å². The SMILES string of the molecule is Cc1ccc(-n2cnnc2SC(C)C(=O)Nc2ccc(F)c([N+](=O)[O-])c2)c(C)c1.